The van der Waals surface area contributed by atoms with Gasteiger partial charge >= 0.3 is 109 Å². The van der Waals surface area contributed by atoms with Crippen LogP contribution in [0.4, 0.5) is 0 Å². The van der Waals surface area contributed by atoms with E-state index in [4.69, 9.17) is 29.7 Å². The summed E-state index contributed by atoms with van der Waals surface area (Å²) >= 11 is 0. The van der Waals surface area contributed by atoms with Crippen molar-refractivity contribution in [3.8, 4) is 11.5 Å². The van der Waals surface area contributed by atoms with Gasteiger partial charge in [-0.1, -0.05) is 72.6 Å². The molecule has 1 aromatic rings. The Balaban J connectivity index is 0.00000139. The van der Waals surface area contributed by atoms with Crippen LogP contribution in [0.5, 0.6) is 11.5 Å². The van der Waals surface area contributed by atoms with Crippen molar-refractivity contribution in [3.63, 3.8) is 0 Å². The Morgan fingerprint density at radius 1 is 0.918 bits per heavy atom. The van der Waals surface area contributed by atoms with Crippen LogP contribution in [0.25, 0.3) is 0 Å². The number of aliphatic hydroxyl groups excluding tert-OH is 4. The van der Waals surface area contributed by atoms with Crippen LogP contribution in [0.15, 0.2) is 11.5 Å². The fourth-order valence-corrected chi connectivity index (χ4v) is 6.83. The molecule has 0 spiro atoms. The predicted molar refractivity (Wildman–Crippen MR) is 176 cm³/mol. The maximum absolute atomic E-state index is 11.2. The fourth-order valence-electron chi connectivity index (χ4n) is 6.33. The van der Waals surface area contributed by atoms with Crippen LogP contribution in [0, 0.1) is 38.5 Å². The average Bonchev–Trinajstić information content (AvgIpc) is 3.24. The normalized spacial score (nSPS) is 20.5. The predicted octanol–water partition coefficient (Wildman–Crippen LogP) is -0.0572. The first kappa shape index (κ1) is 50.0. The largest absolute Gasteiger partial charge is 1.00 e. The molecule has 1 aromatic carbocycles. The van der Waals surface area contributed by atoms with E-state index < -0.39 is 44.1 Å². The van der Waals surface area contributed by atoms with Crippen molar-refractivity contribution in [2.75, 3.05) is 6.61 Å². The van der Waals surface area contributed by atoms with Crippen molar-refractivity contribution >= 4 is 13.8 Å². The van der Waals surface area contributed by atoms with Gasteiger partial charge in [-0.05, 0) is 87.8 Å². The molecule has 2 heterocycles. The van der Waals surface area contributed by atoms with Crippen molar-refractivity contribution in [2.45, 2.75) is 144 Å². The first-order valence-electron chi connectivity index (χ1n) is 16.9. The molecule has 5 atom stereocenters. The molecule has 2 aliphatic heterocycles. The maximum atomic E-state index is 11.2. The van der Waals surface area contributed by atoms with Crippen LogP contribution in [-0.4, -0.2) is 50.8 Å². The molecule has 49 heavy (non-hydrogen) atoms. The third kappa shape index (κ3) is 16.1. The number of hydrogen-bond donors (Lipinski definition) is 4. The molecule has 0 saturated carbocycles. The van der Waals surface area contributed by atoms with Gasteiger partial charge in [0.2, 0.25) is 5.76 Å². The molecule has 4 N–H and O–H groups in total. The first-order chi connectivity index (χ1) is 21.8. The number of phosphoric acid groups is 1. The van der Waals surface area contributed by atoms with Gasteiger partial charge in [-0.2, -0.15) is 0 Å². The molecule has 270 valence electrons. The number of carbonyl (C=O) groups excluding carboxylic acids is 1. The number of aliphatic hydroxyl groups is 4. The van der Waals surface area contributed by atoms with Gasteiger partial charge in [0, 0.05) is 5.56 Å². The van der Waals surface area contributed by atoms with Crippen molar-refractivity contribution in [1.82, 2.24) is 0 Å². The van der Waals surface area contributed by atoms with E-state index in [0.29, 0.717) is 11.1 Å². The molecule has 2 aliphatic rings. The Morgan fingerprint density at radius 2 is 1.45 bits per heavy atom. The summed E-state index contributed by atoms with van der Waals surface area (Å²) in [7, 11) is -5.11. The number of hydrogen-bond acceptors (Lipinski definition) is 11. The third-order valence-corrected chi connectivity index (χ3v) is 9.92. The molecule has 0 amide bonds. The SMILES string of the molecule is Cc1c(C)c2c(c(C)c1OP(=O)([O-])[O-])CC[C@@](C)(CCC[C@H](C)CCC[C@H](C)CCCC(C)C)O2.O=C1O[C@H]([C@@H](O)CO)C(O)=C1O.[K+].[K+]. The van der Waals surface area contributed by atoms with Gasteiger partial charge in [0.15, 0.2) is 11.9 Å². The number of cyclic esters (lactones) is 1. The smallest absolute Gasteiger partial charge is 0.780 e. The number of phosphoric ester groups is 1. The van der Waals surface area contributed by atoms with Gasteiger partial charge in [-0.3, -0.25) is 0 Å². The quantitative estimate of drug-likeness (QED) is 0.100. The standard InChI is InChI=1S/C29H51O5P.C6H8O6.2K/c1-20(2)12-9-13-21(3)14-10-15-22(4)16-11-18-29(8)19-17-26-25(7)27(34-35(30,31)32)23(5)24(6)28(26)33-29;7-1-2(8)5-3(9)4(10)6(11)12-5;;/h20-22H,9-19H2,1-8H3,(H2,30,31,32);2,5,7-10H,1H2;;/q;;2*+1/p-2/t21-,22-,29-;2-,5+;;/m10../s1. The number of fused-ring (bicyclic) bond motifs is 1. The maximum Gasteiger partial charge on any atom is 1.00 e. The summed E-state index contributed by atoms with van der Waals surface area (Å²) < 4.78 is 26.9. The molecule has 0 aliphatic carbocycles. The fraction of sp³-hybridized carbons (Fsp3) is 0.743. The number of carbonyl (C=O) groups is 1. The summed E-state index contributed by atoms with van der Waals surface area (Å²) in [5.41, 5.74) is 2.95. The van der Waals surface area contributed by atoms with Gasteiger partial charge in [0.1, 0.15) is 31.0 Å². The third-order valence-electron chi connectivity index (χ3n) is 9.52. The number of esters is 1. The van der Waals surface area contributed by atoms with Crippen LogP contribution in [0.2, 0.25) is 0 Å². The van der Waals surface area contributed by atoms with Gasteiger partial charge in [0.05, 0.1) is 6.61 Å². The molecule has 0 unspecified atom stereocenters. The second-order valence-electron chi connectivity index (χ2n) is 14.3. The number of benzene rings is 1. The minimum Gasteiger partial charge on any atom is -0.780 e. The molecule has 3 rings (SSSR count). The minimum absolute atomic E-state index is 0. The van der Waals surface area contributed by atoms with Gasteiger partial charge in [-0.25, -0.2) is 4.79 Å². The van der Waals surface area contributed by atoms with Crippen LogP contribution in [0.3, 0.4) is 0 Å². The van der Waals surface area contributed by atoms with E-state index >= 15 is 0 Å². The van der Waals surface area contributed by atoms with Crippen molar-refractivity contribution in [3.05, 3.63) is 33.8 Å². The summed E-state index contributed by atoms with van der Waals surface area (Å²) in [6, 6.07) is 0. The molecular weight excluding hydrogens is 706 g/mol. The topological polar surface area (TPSA) is 189 Å². The van der Waals surface area contributed by atoms with E-state index in [1.54, 1.807) is 6.92 Å². The Kier molecular flexibility index (Phi) is 23.5. The summed E-state index contributed by atoms with van der Waals surface area (Å²) in [5.74, 6) is 0.622. The Morgan fingerprint density at radius 3 is 1.92 bits per heavy atom. The number of ether oxygens (including phenoxy) is 2. The molecular formula is C35H57K2O11P. The van der Waals surface area contributed by atoms with E-state index in [2.05, 4.69) is 39.4 Å². The molecule has 0 aromatic heterocycles. The second kappa shape index (κ2) is 23.0. The summed E-state index contributed by atoms with van der Waals surface area (Å²) in [5, 5.41) is 35.0. The van der Waals surface area contributed by atoms with Gasteiger partial charge in [-0.15, -0.1) is 0 Å². The van der Waals surface area contributed by atoms with Crippen molar-refractivity contribution in [2.24, 2.45) is 17.8 Å². The van der Waals surface area contributed by atoms with E-state index in [1.165, 1.54) is 44.9 Å². The van der Waals surface area contributed by atoms with E-state index in [0.717, 1.165) is 60.3 Å². The molecule has 0 fully saturated rings. The van der Waals surface area contributed by atoms with Crippen LogP contribution >= 0.6 is 7.82 Å². The van der Waals surface area contributed by atoms with Crippen molar-refractivity contribution in [1.29, 1.82) is 0 Å². The van der Waals surface area contributed by atoms with Gasteiger partial charge in [0.25, 0.3) is 0 Å². The zero-order valence-corrected chi connectivity index (χ0v) is 38.6. The molecule has 0 saturated heterocycles. The van der Waals surface area contributed by atoms with E-state index in [-0.39, 0.29) is 114 Å². The van der Waals surface area contributed by atoms with Crippen molar-refractivity contribution < 1.29 is 156 Å². The van der Waals surface area contributed by atoms with E-state index in [9.17, 15) is 19.1 Å². The summed E-state index contributed by atoms with van der Waals surface area (Å²) in [6.45, 7) is 16.4. The van der Waals surface area contributed by atoms with Crippen LogP contribution in [0.1, 0.15) is 121 Å². The average molecular weight is 763 g/mol. The van der Waals surface area contributed by atoms with Gasteiger partial charge < -0.3 is 48.8 Å². The van der Waals surface area contributed by atoms with Crippen LogP contribution in [-0.2, 0) is 20.5 Å². The minimum atomic E-state index is -5.11. The molecule has 14 heteroatoms. The molecule has 0 radical (unpaired) electrons. The monoisotopic (exact) mass is 762 g/mol. The number of rotatable bonds is 16. The van der Waals surface area contributed by atoms with Crippen LogP contribution < -0.4 is 122 Å². The van der Waals surface area contributed by atoms with E-state index in [1.807, 2.05) is 13.8 Å². The summed E-state index contributed by atoms with van der Waals surface area (Å²) in [6.07, 6.45) is 10.3. The zero-order valence-electron chi connectivity index (χ0n) is 31.5. The Labute approximate surface area is 378 Å². The Hall–Kier alpha value is 0.973. The summed E-state index contributed by atoms with van der Waals surface area (Å²) in [4.78, 5) is 33.0. The molecule has 11 nitrogen and oxygen atoms in total. The zero-order chi connectivity index (χ0) is 35.7. The first-order valence-corrected chi connectivity index (χ1v) is 18.4. The second-order valence-corrected chi connectivity index (χ2v) is 15.3. The Bertz CT molecular complexity index is 1280. The molecule has 0 bridgehead atoms.